The number of phenolic OH excluding ortho intramolecular Hbond substituents is 1. The zero-order valence-electron chi connectivity index (χ0n) is 23.2. The first-order chi connectivity index (χ1) is 17.8. The van der Waals surface area contributed by atoms with Crippen LogP contribution in [0.15, 0.2) is 60.7 Å². The maximum atomic E-state index is 12.6. The first kappa shape index (κ1) is 28.7. The number of para-hydroxylation sites is 1. The van der Waals surface area contributed by atoms with Gasteiger partial charge in [0, 0.05) is 24.4 Å². The number of rotatable bonds is 8. The van der Waals surface area contributed by atoms with Crippen LogP contribution in [0.2, 0.25) is 0 Å². The number of aromatic hydroxyl groups is 1. The summed E-state index contributed by atoms with van der Waals surface area (Å²) in [6.45, 7) is 13.1. The zero-order valence-corrected chi connectivity index (χ0v) is 23.2. The van der Waals surface area contributed by atoms with Crippen LogP contribution in [0.3, 0.4) is 0 Å². The highest BCUT2D eigenvalue weighted by atomic mass is 16.6. The molecule has 0 aliphatic heterocycles. The maximum Gasteiger partial charge on any atom is 0.319 e. The van der Waals surface area contributed by atoms with Gasteiger partial charge in [-0.05, 0) is 64.0 Å². The van der Waals surface area contributed by atoms with Gasteiger partial charge in [0.2, 0.25) is 0 Å². The number of hydrogen-bond donors (Lipinski definition) is 3. The number of nitrogens with zero attached hydrogens (tertiary/aromatic N) is 1. The monoisotopic (exact) mass is 517 g/mol. The standard InChI is InChI=1S/C31H39N3O4/c1-30(2,3)25-19-22(20-26(28(25)35)31(4,5)6)11-14-23-9-7-8-10-27(23)33-29(36)32-18-17-21-12-15-24(16-13-21)34(37)38/h7-10,12-13,15-16,19-20,35H,11,14,17-18H2,1-6H3,(H2,32,33,36). The van der Waals surface area contributed by atoms with Crippen LogP contribution in [0.4, 0.5) is 16.2 Å². The van der Waals surface area contributed by atoms with E-state index in [2.05, 4.69) is 64.3 Å². The molecule has 3 aromatic rings. The Balaban J connectivity index is 1.66. The van der Waals surface area contributed by atoms with Crippen molar-refractivity contribution in [2.45, 2.75) is 71.6 Å². The Labute approximate surface area is 225 Å². The van der Waals surface area contributed by atoms with Crippen LogP contribution in [0.5, 0.6) is 5.75 Å². The molecule has 202 valence electrons. The summed E-state index contributed by atoms with van der Waals surface area (Å²) < 4.78 is 0. The fourth-order valence-electron chi connectivity index (χ4n) is 4.39. The van der Waals surface area contributed by atoms with Crippen LogP contribution in [0.1, 0.15) is 69.4 Å². The zero-order chi connectivity index (χ0) is 28.1. The lowest BCUT2D eigenvalue weighted by atomic mass is 9.78. The van der Waals surface area contributed by atoms with E-state index in [-0.39, 0.29) is 22.5 Å². The second-order valence-corrected chi connectivity index (χ2v) is 11.8. The van der Waals surface area contributed by atoms with Crippen molar-refractivity contribution in [3.63, 3.8) is 0 Å². The molecule has 0 heterocycles. The van der Waals surface area contributed by atoms with Gasteiger partial charge in [0.15, 0.2) is 0 Å². The summed E-state index contributed by atoms with van der Waals surface area (Å²) in [5.74, 6) is 0.376. The van der Waals surface area contributed by atoms with Crippen molar-refractivity contribution < 1.29 is 14.8 Å². The molecule has 38 heavy (non-hydrogen) atoms. The molecule has 3 aromatic carbocycles. The Kier molecular flexibility index (Phi) is 8.82. The summed E-state index contributed by atoms with van der Waals surface area (Å²) in [7, 11) is 0. The third kappa shape index (κ3) is 7.57. The Bertz CT molecular complexity index is 1250. The maximum absolute atomic E-state index is 12.6. The van der Waals surface area contributed by atoms with Crippen molar-refractivity contribution in [3.05, 3.63) is 98.6 Å². The largest absolute Gasteiger partial charge is 0.507 e. The number of nitrogens with one attached hydrogen (secondary N) is 2. The molecule has 0 radical (unpaired) electrons. The SMILES string of the molecule is CC(C)(C)c1cc(CCc2ccccc2NC(=O)NCCc2ccc([N+](=O)[O-])cc2)cc(C(C)(C)C)c1O. The highest BCUT2D eigenvalue weighted by Crippen LogP contribution is 2.40. The molecule has 0 atom stereocenters. The van der Waals surface area contributed by atoms with Gasteiger partial charge in [-0.25, -0.2) is 4.79 Å². The van der Waals surface area contributed by atoms with Crippen LogP contribution < -0.4 is 10.6 Å². The van der Waals surface area contributed by atoms with Gasteiger partial charge >= 0.3 is 6.03 Å². The minimum Gasteiger partial charge on any atom is -0.507 e. The third-order valence-electron chi connectivity index (χ3n) is 6.58. The van der Waals surface area contributed by atoms with E-state index in [4.69, 9.17) is 0 Å². The Morgan fingerprint density at radius 3 is 1.97 bits per heavy atom. The van der Waals surface area contributed by atoms with Gasteiger partial charge in [0.25, 0.3) is 5.69 Å². The number of anilines is 1. The van der Waals surface area contributed by atoms with E-state index >= 15 is 0 Å². The number of hydrogen-bond acceptors (Lipinski definition) is 4. The van der Waals surface area contributed by atoms with Gasteiger partial charge in [-0.3, -0.25) is 10.1 Å². The number of phenols is 1. The summed E-state index contributed by atoms with van der Waals surface area (Å²) in [4.78, 5) is 22.9. The van der Waals surface area contributed by atoms with Gasteiger partial charge in [-0.1, -0.05) is 84.0 Å². The molecule has 0 saturated heterocycles. The van der Waals surface area contributed by atoms with E-state index in [0.717, 1.165) is 46.3 Å². The molecule has 3 N–H and O–H groups in total. The highest BCUT2D eigenvalue weighted by molar-refractivity contribution is 5.90. The van der Waals surface area contributed by atoms with Crippen molar-refractivity contribution >= 4 is 17.4 Å². The molecule has 0 saturated carbocycles. The topological polar surface area (TPSA) is 104 Å². The van der Waals surface area contributed by atoms with Crippen LogP contribution in [0.25, 0.3) is 0 Å². The summed E-state index contributed by atoms with van der Waals surface area (Å²) in [5, 5.41) is 27.6. The van der Waals surface area contributed by atoms with Crippen molar-refractivity contribution in [2.75, 3.05) is 11.9 Å². The molecule has 0 aromatic heterocycles. The fraction of sp³-hybridized carbons (Fsp3) is 0.387. The molecule has 0 aliphatic carbocycles. The second kappa shape index (κ2) is 11.7. The van der Waals surface area contributed by atoms with E-state index < -0.39 is 4.92 Å². The highest BCUT2D eigenvalue weighted by Gasteiger charge is 2.26. The van der Waals surface area contributed by atoms with Crippen LogP contribution in [0, 0.1) is 10.1 Å². The average Bonchev–Trinajstić information content (AvgIpc) is 2.83. The second-order valence-electron chi connectivity index (χ2n) is 11.8. The first-order valence-corrected chi connectivity index (χ1v) is 13.0. The molecule has 0 fully saturated rings. The number of non-ortho nitro benzene ring substituents is 1. The molecule has 2 amide bonds. The number of aryl methyl sites for hydroxylation is 2. The number of nitro groups is 1. The van der Waals surface area contributed by atoms with Crippen molar-refractivity contribution in [2.24, 2.45) is 0 Å². The predicted octanol–water partition coefficient (Wildman–Crippen LogP) is 7.04. The molecular formula is C31H39N3O4. The Morgan fingerprint density at radius 1 is 0.842 bits per heavy atom. The number of urea groups is 1. The number of nitro benzene ring substituents is 1. The van der Waals surface area contributed by atoms with Crippen molar-refractivity contribution in [1.82, 2.24) is 5.32 Å². The van der Waals surface area contributed by atoms with E-state index in [9.17, 15) is 20.0 Å². The van der Waals surface area contributed by atoms with Gasteiger partial charge < -0.3 is 15.7 Å². The predicted molar refractivity (Wildman–Crippen MR) is 153 cm³/mol. The molecule has 0 aliphatic rings. The molecule has 3 rings (SSSR count). The summed E-state index contributed by atoms with van der Waals surface area (Å²) in [5.41, 5.74) is 5.41. The number of carbonyl (C=O) groups is 1. The lowest BCUT2D eigenvalue weighted by Crippen LogP contribution is -2.30. The Hall–Kier alpha value is -3.87. The third-order valence-corrected chi connectivity index (χ3v) is 6.58. The molecule has 7 heteroatoms. The van der Waals surface area contributed by atoms with E-state index in [1.165, 1.54) is 12.1 Å². The number of carbonyl (C=O) groups excluding carboxylic acids is 1. The quantitative estimate of drug-likeness (QED) is 0.220. The summed E-state index contributed by atoms with van der Waals surface area (Å²) in [6.07, 6.45) is 2.07. The van der Waals surface area contributed by atoms with Crippen LogP contribution in [-0.4, -0.2) is 22.6 Å². The summed E-state index contributed by atoms with van der Waals surface area (Å²) in [6, 6.07) is 18.0. The minimum absolute atomic E-state index is 0.0487. The molecule has 0 spiro atoms. The van der Waals surface area contributed by atoms with Crippen molar-refractivity contribution in [1.29, 1.82) is 0 Å². The van der Waals surface area contributed by atoms with Gasteiger partial charge in [-0.15, -0.1) is 0 Å². The van der Waals surface area contributed by atoms with E-state index in [1.807, 2.05) is 24.3 Å². The summed E-state index contributed by atoms with van der Waals surface area (Å²) >= 11 is 0. The number of benzene rings is 3. The molecule has 0 unspecified atom stereocenters. The molecule has 0 bridgehead atoms. The van der Waals surface area contributed by atoms with E-state index in [1.54, 1.807) is 12.1 Å². The first-order valence-electron chi connectivity index (χ1n) is 13.0. The Morgan fingerprint density at radius 2 is 1.42 bits per heavy atom. The number of amides is 2. The smallest absolute Gasteiger partial charge is 0.319 e. The van der Waals surface area contributed by atoms with Gasteiger partial charge in [0.1, 0.15) is 5.75 Å². The van der Waals surface area contributed by atoms with Gasteiger partial charge in [-0.2, -0.15) is 0 Å². The lowest BCUT2D eigenvalue weighted by molar-refractivity contribution is -0.384. The fourth-order valence-corrected chi connectivity index (χ4v) is 4.39. The van der Waals surface area contributed by atoms with Crippen LogP contribution in [-0.2, 0) is 30.1 Å². The molecular weight excluding hydrogens is 478 g/mol. The van der Waals surface area contributed by atoms with Crippen molar-refractivity contribution in [3.8, 4) is 5.75 Å². The minimum atomic E-state index is -0.429. The molecule has 7 nitrogen and oxygen atoms in total. The van der Waals surface area contributed by atoms with Gasteiger partial charge in [0.05, 0.1) is 4.92 Å². The normalized spacial score (nSPS) is 11.7. The lowest BCUT2D eigenvalue weighted by Gasteiger charge is -2.28. The van der Waals surface area contributed by atoms with Crippen LogP contribution >= 0.6 is 0 Å². The van der Waals surface area contributed by atoms with E-state index in [0.29, 0.717) is 18.7 Å². The average molecular weight is 518 g/mol.